The van der Waals surface area contributed by atoms with Crippen LogP contribution in [0.5, 0.6) is 0 Å². The van der Waals surface area contributed by atoms with Gasteiger partial charge in [-0.05, 0) is 25.0 Å². The first-order valence-electron chi connectivity index (χ1n) is 5.76. The molecule has 1 aliphatic heterocycles. The topological polar surface area (TPSA) is 63.4 Å². The monoisotopic (exact) mass is 312 g/mol. The van der Waals surface area contributed by atoms with E-state index >= 15 is 0 Å². The number of carbonyl (C=O) groups excluding carboxylic acids is 1. The maximum atomic E-state index is 12.2. The van der Waals surface area contributed by atoms with Gasteiger partial charge in [0.1, 0.15) is 0 Å². The van der Waals surface area contributed by atoms with E-state index in [1.54, 1.807) is 4.90 Å². The van der Waals surface area contributed by atoms with E-state index in [0.717, 1.165) is 19.4 Å². The summed E-state index contributed by atoms with van der Waals surface area (Å²) in [5.74, 6) is -0.0611. The number of likely N-dealkylation sites (tertiary alicyclic amines) is 1. The number of hydrogen-bond donors (Lipinski definition) is 0. The normalized spacial score (nSPS) is 19.6. The molecule has 1 amide bonds. The summed E-state index contributed by atoms with van der Waals surface area (Å²) in [5, 5.41) is 10.5. The van der Waals surface area contributed by atoms with Gasteiger partial charge in [0.05, 0.1) is 4.92 Å². The molecule has 5 nitrogen and oxygen atoms in total. The van der Waals surface area contributed by atoms with E-state index in [0.29, 0.717) is 16.9 Å². The Balaban J connectivity index is 2.10. The predicted molar refractivity (Wildman–Crippen MR) is 70.9 cm³/mol. The Morgan fingerprint density at radius 3 is 2.61 bits per heavy atom. The summed E-state index contributed by atoms with van der Waals surface area (Å²) in [4.78, 5) is 24.3. The summed E-state index contributed by atoms with van der Waals surface area (Å²) >= 11 is 3.52. The quantitative estimate of drug-likeness (QED) is 0.479. The summed E-state index contributed by atoms with van der Waals surface area (Å²) < 4.78 is 0. The van der Waals surface area contributed by atoms with Crippen LogP contribution in [-0.4, -0.2) is 33.6 Å². The number of rotatable bonds is 2. The Hall–Kier alpha value is -1.43. The van der Waals surface area contributed by atoms with E-state index in [1.165, 1.54) is 24.3 Å². The summed E-state index contributed by atoms with van der Waals surface area (Å²) in [5.41, 5.74) is 0.505. The minimum atomic E-state index is -0.469. The van der Waals surface area contributed by atoms with Gasteiger partial charge in [-0.2, -0.15) is 0 Å². The molecule has 0 aromatic heterocycles. The van der Waals surface area contributed by atoms with E-state index < -0.39 is 4.92 Å². The number of halogens is 1. The van der Waals surface area contributed by atoms with Crippen molar-refractivity contribution in [3.8, 4) is 0 Å². The molecule has 96 valence electrons. The zero-order valence-electron chi connectivity index (χ0n) is 9.71. The van der Waals surface area contributed by atoms with E-state index in [1.807, 2.05) is 0 Å². The van der Waals surface area contributed by atoms with Crippen LogP contribution in [0, 0.1) is 10.1 Å². The van der Waals surface area contributed by atoms with Gasteiger partial charge in [-0.3, -0.25) is 14.9 Å². The van der Waals surface area contributed by atoms with Crippen molar-refractivity contribution in [3.63, 3.8) is 0 Å². The van der Waals surface area contributed by atoms with Gasteiger partial charge in [-0.1, -0.05) is 15.9 Å². The Bertz CT molecular complexity index is 461. The SMILES string of the molecule is O=C(c1ccc([N+](=O)[O-])cc1)N1CCCC(Br)C1. The molecule has 1 fully saturated rings. The maximum absolute atomic E-state index is 12.2. The van der Waals surface area contributed by atoms with Crippen LogP contribution in [0.4, 0.5) is 5.69 Å². The molecule has 1 aliphatic rings. The molecule has 0 spiro atoms. The van der Waals surface area contributed by atoms with Crippen molar-refractivity contribution < 1.29 is 9.72 Å². The lowest BCUT2D eigenvalue weighted by Crippen LogP contribution is -2.40. The second kappa shape index (κ2) is 5.48. The fraction of sp³-hybridized carbons (Fsp3) is 0.417. The number of nitro benzene ring substituents is 1. The van der Waals surface area contributed by atoms with Crippen LogP contribution in [0.15, 0.2) is 24.3 Å². The van der Waals surface area contributed by atoms with Crippen LogP contribution in [0.2, 0.25) is 0 Å². The minimum absolute atomic E-state index is 0.00330. The zero-order valence-corrected chi connectivity index (χ0v) is 11.3. The average Bonchev–Trinajstić information content (AvgIpc) is 2.38. The largest absolute Gasteiger partial charge is 0.338 e. The van der Waals surface area contributed by atoms with Crippen LogP contribution >= 0.6 is 15.9 Å². The molecule has 1 aromatic carbocycles. The lowest BCUT2D eigenvalue weighted by Gasteiger charge is -2.30. The number of benzene rings is 1. The van der Waals surface area contributed by atoms with Crippen LogP contribution in [0.3, 0.4) is 0 Å². The number of hydrogen-bond acceptors (Lipinski definition) is 3. The van der Waals surface area contributed by atoms with Crippen molar-refractivity contribution in [1.29, 1.82) is 0 Å². The number of carbonyl (C=O) groups is 1. The van der Waals surface area contributed by atoms with Gasteiger partial charge in [-0.25, -0.2) is 0 Å². The summed E-state index contributed by atoms with van der Waals surface area (Å²) in [6, 6.07) is 5.75. The first kappa shape index (κ1) is 13.0. The standard InChI is InChI=1S/C12H13BrN2O3/c13-10-2-1-7-14(8-10)12(16)9-3-5-11(6-4-9)15(17)18/h3-6,10H,1-2,7-8H2. The Morgan fingerprint density at radius 2 is 2.06 bits per heavy atom. The third kappa shape index (κ3) is 2.87. The molecular weight excluding hydrogens is 300 g/mol. The molecule has 1 unspecified atom stereocenters. The molecule has 1 aromatic rings. The van der Waals surface area contributed by atoms with Crippen molar-refractivity contribution in [2.45, 2.75) is 17.7 Å². The summed E-state index contributed by atoms with van der Waals surface area (Å²) in [6.07, 6.45) is 2.05. The molecule has 0 bridgehead atoms. The van der Waals surface area contributed by atoms with Crippen molar-refractivity contribution in [1.82, 2.24) is 4.90 Å². The molecular formula is C12H13BrN2O3. The lowest BCUT2D eigenvalue weighted by atomic mass is 10.1. The van der Waals surface area contributed by atoms with Crippen LogP contribution in [0.25, 0.3) is 0 Å². The van der Waals surface area contributed by atoms with E-state index in [2.05, 4.69) is 15.9 Å². The fourth-order valence-electron chi connectivity index (χ4n) is 2.02. The Morgan fingerprint density at radius 1 is 1.39 bits per heavy atom. The van der Waals surface area contributed by atoms with Gasteiger partial charge >= 0.3 is 0 Å². The highest BCUT2D eigenvalue weighted by Crippen LogP contribution is 2.20. The molecule has 1 atom stereocenters. The minimum Gasteiger partial charge on any atom is -0.338 e. The highest BCUT2D eigenvalue weighted by atomic mass is 79.9. The summed E-state index contributed by atoms with van der Waals surface area (Å²) in [6.45, 7) is 1.44. The molecule has 0 saturated carbocycles. The van der Waals surface area contributed by atoms with Gasteiger partial charge in [-0.15, -0.1) is 0 Å². The maximum Gasteiger partial charge on any atom is 0.269 e. The van der Waals surface area contributed by atoms with Gasteiger partial charge in [0.25, 0.3) is 11.6 Å². The number of amides is 1. The second-order valence-corrected chi connectivity index (χ2v) is 5.59. The molecule has 0 N–H and O–H groups in total. The van der Waals surface area contributed by atoms with Crippen LogP contribution in [-0.2, 0) is 0 Å². The van der Waals surface area contributed by atoms with Gasteiger partial charge in [0.2, 0.25) is 0 Å². The first-order chi connectivity index (χ1) is 8.58. The molecule has 0 radical (unpaired) electrons. The van der Waals surface area contributed by atoms with Crippen LogP contribution in [0.1, 0.15) is 23.2 Å². The molecule has 2 rings (SSSR count). The average molecular weight is 313 g/mol. The molecule has 0 aliphatic carbocycles. The summed E-state index contributed by atoms with van der Waals surface area (Å²) in [7, 11) is 0. The molecule has 1 heterocycles. The van der Waals surface area contributed by atoms with Crippen molar-refractivity contribution >= 4 is 27.5 Å². The second-order valence-electron chi connectivity index (χ2n) is 4.29. The lowest BCUT2D eigenvalue weighted by molar-refractivity contribution is -0.384. The van der Waals surface area contributed by atoms with Gasteiger partial charge in [0.15, 0.2) is 0 Å². The van der Waals surface area contributed by atoms with E-state index in [-0.39, 0.29) is 11.6 Å². The smallest absolute Gasteiger partial charge is 0.269 e. The number of non-ortho nitro benzene ring substituents is 1. The number of nitrogens with zero attached hydrogens (tertiary/aromatic N) is 2. The van der Waals surface area contributed by atoms with Gasteiger partial charge in [0, 0.05) is 35.6 Å². The van der Waals surface area contributed by atoms with Crippen molar-refractivity contribution in [2.24, 2.45) is 0 Å². The third-order valence-corrected chi connectivity index (χ3v) is 3.72. The molecule has 1 saturated heterocycles. The highest BCUT2D eigenvalue weighted by molar-refractivity contribution is 9.09. The Labute approximate surface area is 113 Å². The molecule has 18 heavy (non-hydrogen) atoms. The van der Waals surface area contributed by atoms with Crippen molar-refractivity contribution in [3.05, 3.63) is 39.9 Å². The first-order valence-corrected chi connectivity index (χ1v) is 6.67. The van der Waals surface area contributed by atoms with Crippen molar-refractivity contribution in [2.75, 3.05) is 13.1 Å². The zero-order chi connectivity index (χ0) is 13.1. The van der Waals surface area contributed by atoms with E-state index in [9.17, 15) is 14.9 Å². The number of piperidine rings is 1. The third-order valence-electron chi connectivity index (χ3n) is 2.98. The Kier molecular flexibility index (Phi) is 3.96. The number of alkyl halides is 1. The molecule has 6 heteroatoms. The van der Waals surface area contributed by atoms with Gasteiger partial charge < -0.3 is 4.90 Å². The number of nitro groups is 1. The predicted octanol–water partition coefficient (Wildman–Crippen LogP) is 2.59. The fourth-order valence-corrected chi connectivity index (χ4v) is 2.69. The van der Waals surface area contributed by atoms with Crippen LogP contribution < -0.4 is 0 Å². The van der Waals surface area contributed by atoms with E-state index in [4.69, 9.17) is 0 Å². The highest BCUT2D eigenvalue weighted by Gasteiger charge is 2.23.